The first-order chi connectivity index (χ1) is 8.09. The summed E-state index contributed by atoms with van der Waals surface area (Å²) in [6, 6.07) is 3.60. The standard InChI is InChI=1S/C11H10F2N4/c1-6-10(14)15-5-16-11(6)17-9-7(12)3-2-4-8(9)13/h2-5H,1H3,(H3,14,15,16,17). The summed E-state index contributed by atoms with van der Waals surface area (Å²) in [6.45, 7) is 1.66. The average molecular weight is 236 g/mol. The summed E-state index contributed by atoms with van der Waals surface area (Å²) in [5.74, 6) is -0.844. The molecule has 0 aliphatic heterocycles. The Labute approximate surface area is 96.5 Å². The van der Waals surface area contributed by atoms with Crippen LogP contribution in [-0.2, 0) is 0 Å². The van der Waals surface area contributed by atoms with E-state index in [0.717, 1.165) is 12.1 Å². The number of halogens is 2. The van der Waals surface area contributed by atoms with Gasteiger partial charge in [-0.1, -0.05) is 6.07 Å². The Bertz CT molecular complexity index is 537. The number of nitrogen functional groups attached to an aromatic ring is 1. The van der Waals surface area contributed by atoms with Crippen LogP contribution < -0.4 is 11.1 Å². The van der Waals surface area contributed by atoms with E-state index in [4.69, 9.17) is 5.73 Å². The Morgan fingerprint density at radius 2 is 1.82 bits per heavy atom. The zero-order valence-electron chi connectivity index (χ0n) is 9.04. The van der Waals surface area contributed by atoms with Gasteiger partial charge < -0.3 is 11.1 Å². The Kier molecular flexibility index (Phi) is 2.86. The van der Waals surface area contributed by atoms with Gasteiger partial charge in [-0.3, -0.25) is 0 Å². The van der Waals surface area contributed by atoms with Crippen LogP contribution in [0.2, 0.25) is 0 Å². The lowest BCUT2D eigenvalue weighted by molar-refractivity contribution is 0.590. The monoisotopic (exact) mass is 236 g/mol. The molecule has 0 saturated heterocycles. The van der Waals surface area contributed by atoms with Gasteiger partial charge in [-0.05, 0) is 19.1 Å². The topological polar surface area (TPSA) is 63.8 Å². The fourth-order valence-corrected chi connectivity index (χ4v) is 1.33. The third-order valence-electron chi connectivity index (χ3n) is 2.33. The molecule has 0 atom stereocenters. The molecule has 88 valence electrons. The SMILES string of the molecule is Cc1c(N)ncnc1Nc1c(F)cccc1F. The summed E-state index contributed by atoms with van der Waals surface area (Å²) in [5, 5.41) is 2.57. The predicted molar refractivity (Wildman–Crippen MR) is 60.8 cm³/mol. The van der Waals surface area contributed by atoms with Crippen molar-refractivity contribution >= 4 is 17.3 Å². The lowest BCUT2D eigenvalue weighted by Gasteiger charge is -2.10. The van der Waals surface area contributed by atoms with Crippen molar-refractivity contribution in [2.45, 2.75) is 6.92 Å². The van der Waals surface area contributed by atoms with Crippen molar-refractivity contribution in [1.29, 1.82) is 0 Å². The number of nitrogens with one attached hydrogen (secondary N) is 1. The largest absolute Gasteiger partial charge is 0.383 e. The van der Waals surface area contributed by atoms with Crippen LogP contribution in [0.1, 0.15) is 5.56 Å². The number of aromatic nitrogens is 2. The van der Waals surface area contributed by atoms with Crippen molar-refractivity contribution in [3.05, 3.63) is 41.7 Å². The van der Waals surface area contributed by atoms with E-state index in [2.05, 4.69) is 15.3 Å². The second-order valence-electron chi connectivity index (χ2n) is 3.45. The molecule has 1 heterocycles. The molecule has 0 fully saturated rings. The number of anilines is 3. The number of benzene rings is 1. The van der Waals surface area contributed by atoms with Crippen LogP contribution in [0.4, 0.5) is 26.1 Å². The van der Waals surface area contributed by atoms with E-state index in [0.29, 0.717) is 5.56 Å². The van der Waals surface area contributed by atoms with Crippen molar-refractivity contribution in [1.82, 2.24) is 9.97 Å². The molecule has 6 heteroatoms. The van der Waals surface area contributed by atoms with Gasteiger partial charge >= 0.3 is 0 Å². The summed E-state index contributed by atoms with van der Waals surface area (Å²) >= 11 is 0. The van der Waals surface area contributed by atoms with Crippen LogP contribution in [0, 0.1) is 18.6 Å². The molecule has 0 saturated carbocycles. The van der Waals surface area contributed by atoms with Gasteiger partial charge in [0.15, 0.2) is 0 Å². The van der Waals surface area contributed by atoms with Crippen molar-refractivity contribution < 1.29 is 8.78 Å². The van der Waals surface area contributed by atoms with Crippen LogP contribution in [0.25, 0.3) is 0 Å². The molecule has 1 aromatic carbocycles. The first-order valence-corrected chi connectivity index (χ1v) is 4.87. The molecule has 4 nitrogen and oxygen atoms in total. The highest BCUT2D eigenvalue weighted by molar-refractivity contribution is 5.63. The van der Waals surface area contributed by atoms with Crippen molar-refractivity contribution in [3.8, 4) is 0 Å². The van der Waals surface area contributed by atoms with Crippen LogP contribution >= 0.6 is 0 Å². The van der Waals surface area contributed by atoms with E-state index in [-0.39, 0.29) is 17.3 Å². The van der Waals surface area contributed by atoms with E-state index < -0.39 is 11.6 Å². The van der Waals surface area contributed by atoms with Crippen molar-refractivity contribution in [2.24, 2.45) is 0 Å². The number of nitrogens with two attached hydrogens (primary N) is 1. The summed E-state index contributed by atoms with van der Waals surface area (Å²) in [5.41, 5.74) is 5.85. The van der Waals surface area contributed by atoms with Gasteiger partial charge in [-0.2, -0.15) is 0 Å². The van der Waals surface area contributed by atoms with E-state index in [9.17, 15) is 8.78 Å². The third kappa shape index (κ3) is 2.15. The van der Waals surface area contributed by atoms with E-state index in [1.807, 2.05) is 0 Å². The minimum Gasteiger partial charge on any atom is -0.383 e. The number of para-hydroxylation sites is 1. The Balaban J connectivity index is 2.42. The maximum atomic E-state index is 13.4. The fourth-order valence-electron chi connectivity index (χ4n) is 1.33. The van der Waals surface area contributed by atoms with Gasteiger partial charge in [0.25, 0.3) is 0 Å². The second-order valence-corrected chi connectivity index (χ2v) is 3.45. The highest BCUT2D eigenvalue weighted by Crippen LogP contribution is 2.24. The summed E-state index contributed by atoms with van der Waals surface area (Å²) < 4.78 is 26.8. The molecule has 17 heavy (non-hydrogen) atoms. The first-order valence-electron chi connectivity index (χ1n) is 4.87. The molecule has 0 unspecified atom stereocenters. The Morgan fingerprint density at radius 3 is 2.47 bits per heavy atom. The van der Waals surface area contributed by atoms with Crippen LogP contribution in [0.15, 0.2) is 24.5 Å². The number of hydrogen-bond acceptors (Lipinski definition) is 4. The quantitative estimate of drug-likeness (QED) is 0.840. The van der Waals surface area contributed by atoms with Gasteiger partial charge in [-0.15, -0.1) is 0 Å². The molecular weight excluding hydrogens is 226 g/mol. The number of rotatable bonds is 2. The van der Waals surface area contributed by atoms with Gasteiger partial charge in [-0.25, -0.2) is 18.7 Å². The number of hydrogen-bond donors (Lipinski definition) is 2. The van der Waals surface area contributed by atoms with E-state index >= 15 is 0 Å². The fraction of sp³-hybridized carbons (Fsp3) is 0.0909. The molecule has 0 bridgehead atoms. The highest BCUT2D eigenvalue weighted by atomic mass is 19.1. The highest BCUT2D eigenvalue weighted by Gasteiger charge is 2.11. The molecule has 0 amide bonds. The van der Waals surface area contributed by atoms with E-state index in [1.165, 1.54) is 12.4 Å². The van der Waals surface area contributed by atoms with Gasteiger partial charge in [0, 0.05) is 5.56 Å². The minimum absolute atomic E-state index is 0.256. The first kappa shape index (κ1) is 11.3. The Hall–Kier alpha value is -2.24. The van der Waals surface area contributed by atoms with Gasteiger partial charge in [0.2, 0.25) is 0 Å². The summed E-state index contributed by atoms with van der Waals surface area (Å²) in [7, 11) is 0. The third-order valence-corrected chi connectivity index (χ3v) is 2.33. The molecule has 2 aromatic rings. The molecule has 1 aromatic heterocycles. The zero-order chi connectivity index (χ0) is 12.4. The normalized spacial score (nSPS) is 10.3. The summed E-state index contributed by atoms with van der Waals surface area (Å²) in [4.78, 5) is 7.65. The lowest BCUT2D eigenvalue weighted by atomic mass is 10.2. The van der Waals surface area contributed by atoms with Gasteiger partial charge in [0.1, 0.15) is 35.3 Å². The van der Waals surface area contributed by atoms with Gasteiger partial charge in [0.05, 0.1) is 0 Å². The average Bonchev–Trinajstić information content (AvgIpc) is 2.29. The Morgan fingerprint density at radius 1 is 1.18 bits per heavy atom. The molecule has 2 rings (SSSR count). The smallest absolute Gasteiger partial charge is 0.149 e. The minimum atomic E-state index is -0.693. The lowest BCUT2D eigenvalue weighted by Crippen LogP contribution is -2.04. The van der Waals surface area contributed by atoms with E-state index in [1.54, 1.807) is 6.92 Å². The van der Waals surface area contributed by atoms with Crippen molar-refractivity contribution in [3.63, 3.8) is 0 Å². The maximum Gasteiger partial charge on any atom is 0.149 e. The van der Waals surface area contributed by atoms with Crippen molar-refractivity contribution in [2.75, 3.05) is 11.1 Å². The molecule has 3 N–H and O–H groups in total. The summed E-state index contributed by atoms with van der Waals surface area (Å²) in [6.07, 6.45) is 1.23. The molecule has 0 radical (unpaired) electrons. The van der Waals surface area contributed by atoms with Crippen LogP contribution in [0.3, 0.4) is 0 Å². The molecule has 0 spiro atoms. The zero-order valence-corrected chi connectivity index (χ0v) is 9.04. The second kappa shape index (κ2) is 4.32. The number of nitrogens with zero attached hydrogens (tertiary/aromatic N) is 2. The molecule has 0 aliphatic carbocycles. The molecule has 0 aliphatic rings. The maximum absolute atomic E-state index is 13.4. The predicted octanol–water partition coefficient (Wildman–Crippen LogP) is 2.39. The van der Waals surface area contributed by atoms with Crippen LogP contribution in [0.5, 0.6) is 0 Å². The molecular formula is C11H10F2N4. The van der Waals surface area contributed by atoms with Crippen LogP contribution in [-0.4, -0.2) is 9.97 Å².